The lowest BCUT2D eigenvalue weighted by Crippen LogP contribution is -2.16. The Hall–Kier alpha value is -3.45. The van der Waals surface area contributed by atoms with E-state index in [4.69, 9.17) is 11.6 Å². The molecule has 0 atom stereocenters. The maximum atomic E-state index is 12.6. The van der Waals surface area contributed by atoms with Gasteiger partial charge in [-0.2, -0.15) is 0 Å². The topological polar surface area (TPSA) is 101 Å². The van der Waals surface area contributed by atoms with Crippen molar-refractivity contribution in [2.45, 2.75) is 45.6 Å². The van der Waals surface area contributed by atoms with E-state index in [1.54, 1.807) is 24.3 Å². The molecule has 0 spiro atoms. The van der Waals surface area contributed by atoms with Crippen molar-refractivity contribution in [2.24, 2.45) is 0 Å². The van der Waals surface area contributed by atoms with E-state index in [2.05, 4.69) is 21.8 Å². The number of benzene rings is 2. The van der Waals surface area contributed by atoms with Gasteiger partial charge in [0.2, 0.25) is 0 Å². The van der Waals surface area contributed by atoms with E-state index in [-0.39, 0.29) is 11.1 Å². The molecule has 0 saturated carbocycles. The molecule has 1 aromatic heterocycles. The molecule has 0 saturated heterocycles. The van der Waals surface area contributed by atoms with Gasteiger partial charge < -0.3 is 19.8 Å². The number of carboxylic acid groups (broad SMARTS) is 1. The van der Waals surface area contributed by atoms with Crippen LogP contribution in [0.3, 0.4) is 0 Å². The predicted molar refractivity (Wildman–Crippen MR) is 127 cm³/mol. The number of carbonyl (C=O) groups excluding carboxylic acids is 2. The smallest absolute Gasteiger partial charge is 0.336 e. The Kier molecular flexibility index (Phi) is 8.38. The molecule has 0 fully saturated rings. The molecule has 172 valence electrons. The lowest BCUT2D eigenvalue weighted by Gasteiger charge is -2.13. The third kappa shape index (κ3) is 6.08. The summed E-state index contributed by atoms with van der Waals surface area (Å²) in [6, 6.07) is 13.4. The molecule has 7 nitrogen and oxygen atoms in total. The minimum Gasteiger partial charge on any atom is -0.478 e. The lowest BCUT2D eigenvalue weighted by molar-refractivity contribution is -0.107. The maximum Gasteiger partial charge on any atom is 0.336 e. The molecular formula is C25H26ClN3O4. The summed E-state index contributed by atoms with van der Waals surface area (Å²) >= 11 is 6.37. The third-order valence-corrected chi connectivity index (χ3v) is 5.61. The van der Waals surface area contributed by atoms with E-state index in [1.807, 2.05) is 12.1 Å². The van der Waals surface area contributed by atoms with Crippen molar-refractivity contribution in [1.82, 2.24) is 9.55 Å². The molecular weight excluding hydrogens is 442 g/mol. The van der Waals surface area contributed by atoms with Crippen LogP contribution in [0.5, 0.6) is 0 Å². The Balaban J connectivity index is 1.78. The van der Waals surface area contributed by atoms with E-state index in [9.17, 15) is 19.5 Å². The summed E-state index contributed by atoms with van der Waals surface area (Å²) in [5.41, 5.74) is 2.43. The van der Waals surface area contributed by atoms with Crippen molar-refractivity contribution >= 4 is 35.5 Å². The summed E-state index contributed by atoms with van der Waals surface area (Å²) in [6.07, 6.45) is 4.60. The van der Waals surface area contributed by atoms with Crippen LogP contribution in [0.25, 0.3) is 0 Å². The Morgan fingerprint density at radius 2 is 1.79 bits per heavy atom. The van der Waals surface area contributed by atoms with Gasteiger partial charge in [0.25, 0.3) is 5.91 Å². The van der Waals surface area contributed by atoms with Gasteiger partial charge in [-0.05, 0) is 42.7 Å². The number of halogens is 1. The summed E-state index contributed by atoms with van der Waals surface area (Å²) in [6.45, 7) is 2.66. The number of unbranched alkanes of at least 4 members (excludes halogenated alkanes) is 1. The number of aryl methyl sites for hydroxylation is 1. The Morgan fingerprint density at radius 3 is 2.42 bits per heavy atom. The molecule has 0 unspecified atom stereocenters. The molecule has 0 bridgehead atoms. The van der Waals surface area contributed by atoms with Crippen molar-refractivity contribution in [3.63, 3.8) is 0 Å². The molecule has 1 heterocycles. The number of nitrogens with zero attached hydrogens (tertiary/aromatic N) is 2. The number of aromatic nitrogens is 2. The molecule has 8 heteroatoms. The third-order valence-electron chi connectivity index (χ3n) is 5.31. The number of hydrogen-bond acceptors (Lipinski definition) is 4. The monoisotopic (exact) mass is 467 g/mol. The number of rotatable bonds is 11. The average molecular weight is 468 g/mol. The largest absolute Gasteiger partial charge is 0.478 e. The van der Waals surface area contributed by atoms with Gasteiger partial charge in [-0.25, -0.2) is 9.78 Å². The minimum absolute atomic E-state index is 0.0499. The molecule has 3 rings (SSSR count). The van der Waals surface area contributed by atoms with Gasteiger partial charge >= 0.3 is 5.97 Å². The first kappa shape index (κ1) is 24.2. The van der Waals surface area contributed by atoms with Crippen LogP contribution in [0, 0.1) is 0 Å². The van der Waals surface area contributed by atoms with Gasteiger partial charge in [-0.3, -0.25) is 4.79 Å². The molecule has 1 amide bonds. The number of anilines is 1. The van der Waals surface area contributed by atoms with E-state index < -0.39 is 11.9 Å². The molecule has 0 aliphatic rings. The first-order chi connectivity index (χ1) is 15.9. The number of nitrogens with one attached hydrogen (secondary N) is 1. The summed E-state index contributed by atoms with van der Waals surface area (Å²) in [7, 11) is 0. The van der Waals surface area contributed by atoms with E-state index in [0.717, 1.165) is 42.6 Å². The zero-order valence-electron chi connectivity index (χ0n) is 18.4. The number of amides is 1. The van der Waals surface area contributed by atoms with Crippen LogP contribution in [0.2, 0.25) is 5.15 Å². The van der Waals surface area contributed by atoms with Gasteiger partial charge in [-0.15, -0.1) is 0 Å². The molecule has 0 aliphatic carbocycles. The van der Waals surface area contributed by atoms with Gasteiger partial charge in [0.05, 0.1) is 16.8 Å². The van der Waals surface area contributed by atoms with Crippen molar-refractivity contribution in [1.29, 1.82) is 0 Å². The number of aldehydes is 1. The normalized spacial score (nSPS) is 10.7. The highest BCUT2D eigenvalue weighted by molar-refractivity contribution is 6.30. The summed E-state index contributed by atoms with van der Waals surface area (Å²) in [5, 5.41) is 12.5. The summed E-state index contributed by atoms with van der Waals surface area (Å²) in [5.74, 6) is -0.745. The maximum absolute atomic E-state index is 12.6. The van der Waals surface area contributed by atoms with Crippen LogP contribution in [-0.2, 0) is 24.2 Å². The van der Waals surface area contributed by atoms with Gasteiger partial charge in [0.15, 0.2) is 5.15 Å². The fourth-order valence-electron chi connectivity index (χ4n) is 3.59. The number of imidazole rings is 1. The Labute approximate surface area is 197 Å². The van der Waals surface area contributed by atoms with Crippen LogP contribution in [-0.4, -0.2) is 32.8 Å². The molecule has 0 aliphatic heterocycles. The summed E-state index contributed by atoms with van der Waals surface area (Å²) < 4.78 is 2.07. The van der Waals surface area contributed by atoms with Crippen LogP contribution in [0.4, 0.5) is 5.69 Å². The fourth-order valence-corrected chi connectivity index (χ4v) is 3.89. The summed E-state index contributed by atoms with van der Waals surface area (Å²) in [4.78, 5) is 39.3. The Morgan fingerprint density at radius 1 is 1.09 bits per heavy atom. The molecule has 33 heavy (non-hydrogen) atoms. The first-order valence-corrected chi connectivity index (χ1v) is 11.2. The second kappa shape index (κ2) is 11.4. The lowest BCUT2D eigenvalue weighted by atomic mass is 10.1. The zero-order valence-corrected chi connectivity index (χ0v) is 19.1. The molecule has 2 N–H and O–H groups in total. The molecule has 0 radical (unpaired) electrons. The predicted octanol–water partition coefficient (Wildman–Crippen LogP) is 5.01. The standard InChI is InChI=1S/C25H26ClN3O4/c1-2-3-10-22-28-23(26)21(9-6-15-30)29(22)16-17-11-13-18(14-12-17)27-24(31)19-7-4-5-8-20(19)25(32)33/h4-5,7-8,11-15H,2-3,6,9-10,16H2,1H3,(H,27,31)(H,32,33). The van der Waals surface area contributed by atoms with Crippen molar-refractivity contribution < 1.29 is 19.5 Å². The zero-order chi connectivity index (χ0) is 23.8. The van der Waals surface area contributed by atoms with Crippen LogP contribution in [0.15, 0.2) is 48.5 Å². The SMILES string of the molecule is CCCCc1nc(Cl)c(CCC=O)n1Cc1ccc(NC(=O)c2ccccc2C(=O)O)cc1. The fraction of sp³-hybridized carbons (Fsp3) is 0.280. The second-order valence-corrected chi connectivity index (χ2v) is 8.02. The highest BCUT2D eigenvalue weighted by Gasteiger charge is 2.17. The molecule has 2 aromatic carbocycles. The van der Waals surface area contributed by atoms with Gasteiger partial charge in [0.1, 0.15) is 12.1 Å². The van der Waals surface area contributed by atoms with Crippen molar-refractivity contribution in [3.05, 3.63) is 81.9 Å². The highest BCUT2D eigenvalue weighted by atomic mass is 35.5. The van der Waals surface area contributed by atoms with E-state index in [0.29, 0.717) is 30.2 Å². The van der Waals surface area contributed by atoms with Gasteiger partial charge in [-0.1, -0.05) is 49.2 Å². The highest BCUT2D eigenvalue weighted by Crippen LogP contribution is 2.23. The van der Waals surface area contributed by atoms with Gasteiger partial charge in [0, 0.05) is 25.1 Å². The van der Waals surface area contributed by atoms with Crippen LogP contribution < -0.4 is 5.32 Å². The van der Waals surface area contributed by atoms with Crippen molar-refractivity contribution in [3.8, 4) is 0 Å². The minimum atomic E-state index is -1.15. The number of carboxylic acids is 1. The quantitative estimate of drug-likeness (QED) is 0.386. The number of carbonyl (C=O) groups is 3. The molecule has 3 aromatic rings. The second-order valence-electron chi connectivity index (χ2n) is 7.66. The first-order valence-electron chi connectivity index (χ1n) is 10.8. The number of aromatic carboxylic acids is 1. The van der Waals surface area contributed by atoms with E-state index in [1.165, 1.54) is 12.1 Å². The Bertz CT molecular complexity index is 1140. The van der Waals surface area contributed by atoms with Crippen LogP contribution >= 0.6 is 11.6 Å². The van der Waals surface area contributed by atoms with Crippen molar-refractivity contribution in [2.75, 3.05) is 5.32 Å². The van der Waals surface area contributed by atoms with E-state index >= 15 is 0 Å². The van der Waals surface area contributed by atoms with Crippen LogP contribution in [0.1, 0.15) is 64.0 Å². The average Bonchev–Trinajstić information content (AvgIpc) is 3.11. The number of hydrogen-bond donors (Lipinski definition) is 2.